The van der Waals surface area contributed by atoms with Gasteiger partial charge < -0.3 is 15.4 Å². The van der Waals surface area contributed by atoms with Gasteiger partial charge in [-0.05, 0) is 20.3 Å². The number of ketones is 1. The normalized spacial score (nSPS) is 28.3. The Morgan fingerprint density at radius 2 is 2.31 bits per heavy atom. The highest BCUT2D eigenvalue weighted by atomic mass is 16.2. The van der Waals surface area contributed by atoms with Crippen molar-refractivity contribution in [2.24, 2.45) is 0 Å². The fourth-order valence-electron chi connectivity index (χ4n) is 1.39. The van der Waals surface area contributed by atoms with E-state index in [1.54, 1.807) is 6.92 Å². The molecule has 0 bridgehead atoms. The Kier molecular flexibility index (Phi) is 3.42. The molecule has 0 aromatic carbocycles. The molecule has 1 fully saturated rings. The van der Waals surface area contributed by atoms with Gasteiger partial charge in [-0.3, -0.25) is 4.79 Å². The monoisotopic (exact) mass is 184 g/mol. The Bertz CT molecular complexity index is 216. The first-order chi connectivity index (χ1) is 6.09. The summed E-state index contributed by atoms with van der Waals surface area (Å²) in [6, 6.07) is 0.0150. The van der Waals surface area contributed by atoms with E-state index in [1.807, 2.05) is 6.92 Å². The van der Waals surface area contributed by atoms with Crippen molar-refractivity contribution in [2.45, 2.75) is 38.8 Å². The molecule has 2 atom stereocenters. The quantitative estimate of drug-likeness (QED) is 0.640. The van der Waals surface area contributed by atoms with Crippen LogP contribution in [0, 0.1) is 0 Å². The first-order valence-electron chi connectivity index (χ1n) is 4.63. The summed E-state index contributed by atoms with van der Waals surface area (Å²) in [5.41, 5.74) is 0. The summed E-state index contributed by atoms with van der Waals surface area (Å²) < 4.78 is 0. The van der Waals surface area contributed by atoms with Crippen LogP contribution in [0.25, 0.3) is 0 Å². The number of Topliss-reactive ketones (excluding diaryl/α,β-unsaturated/α-hetero) is 1. The maximum Gasteiger partial charge on any atom is 0.237 e. The molecule has 1 aliphatic heterocycles. The summed E-state index contributed by atoms with van der Waals surface area (Å²) >= 11 is 0. The Labute approximate surface area is 78.1 Å². The van der Waals surface area contributed by atoms with Gasteiger partial charge in [-0.2, -0.15) is 0 Å². The zero-order valence-corrected chi connectivity index (χ0v) is 8.09. The van der Waals surface area contributed by atoms with E-state index < -0.39 is 0 Å². The highest BCUT2D eigenvalue weighted by molar-refractivity contribution is 5.84. The molecule has 2 N–H and O–H groups in total. The van der Waals surface area contributed by atoms with Crippen LogP contribution in [0.4, 0.5) is 0 Å². The first kappa shape index (κ1) is 10.2. The van der Waals surface area contributed by atoms with Crippen molar-refractivity contribution in [2.75, 3.05) is 6.54 Å². The largest absolute Gasteiger partial charge is 0.351 e. The number of carbonyl (C=O) groups is 2. The van der Waals surface area contributed by atoms with Crippen LogP contribution in [0.2, 0.25) is 0 Å². The van der Waals surface area contributed by atoms with Gasteiger partial charge in [0.1, 0.15) is 5.78 Å². The Morgan fingerprint density at radius 1 is 1.62 bits per heavy atom. The average Bonchev–Trinajstić information content (AvgIpc) is 2.02. The lowest BCUT2D eigenvalue weighted by atomic mass is 10.1. The molecule has 1 heterocycles. The molecular weight excluding hydrogens is 168 g/mol. The number of nitrogens with one attached hydrogen (secondary N) is 2. The van der Waals surface area contributed by atoms with E-state index in [2.05, 4.69) is 10.6 Å². The van der Waals surface area contributed by atoms with Crippen molar-refractivity contribution in [1.82, 2.24) is 10.6 Å². The topological polar surface area (TPSA) is 58.2 Å². The molecule has 0 aliphatic carbocycles. The minimum atomic E-state index is -0.180. The van der Waals surface area contributed by atoms with E-state index in [0.29, 0.717) is 12.8 Å². The zero-order valence-electron chi connectivity index (χ0n) is 8.09. The lowest BCUT2D eigenvalue weighted by molar-refractivity contribution is -0.125. The molecule has 1 amide bonds. The van der Waals surface area contributed by atoms with Gasteiger partial charge in [-0.25, -0.2) is 0 Å². The van der Waals surface area contributed by atoms with Crippen molar-refractivity contribution in [1.29, 1.82) is 0 Å². The number of carbonyl (C=O) groups excluding carboxylic acids is 2. The fourth-order valence-corrected chi connectivity index (χ4v) is 1.39. The molecule has 1 rings (SSSR count). The standard InChI is InChI=1S/C9H16N2O2/c1-6-5-10-8(9(13)11-6)4-3-7(2)12/h6,8,10H,3-5H2,1-2H3,(H,11,13)/t6-,8+/m1/s1. The van der Waals surface area contributed by atoms with Crippen LogP contribution in [-0.4, -0.2) is 30.3 Å². The maximum absolute atomic E-state index is 11.3. The van der Waals surface area contributed by atoms with E-state index in [1.165, 1.54) is 0 Å². The molecule has 0 aromatic heterocycles. The third-order valence-electron chi connectivity index (χ3n) is 2.16. The molecule has 0 aromatic rings. The summed E-state index contributed by atoms with van der Waals surface area (Å²) in [5, 5.41) is 5.95. The van der Waals surface area contributed by atoms with Gasteiger partial charge in [0.2, 0.25) is 5.91 Å². The van der Waals surface area contributed by atoms with Crippen molar-refractivity contribution in [3.63, 3.8) is 0 Å². The SMILES string of the molecule is CC(=O)CC[C@@H]1NC[C@@H](C)NC1=O. The van der Waals surface area contributed by atoms with Crippen LogP contribution in [0.3, 0.4) is 0 Å². The van der Waals surface area contributed by atoms with Crippen molar-refractivity contribution < 1.29 is 9.59 Å². The molecule has 0 radical (unpaired) electrons. The summed E-state index contributed by atoms with van der Waals surface area (Å²) in [6.45, 7) is 4.28. The van der Waals surface area contributed by atoms with E-state index in [0.717, 1.165) is 6.54 Å². The molecule has 0 saturated carbocycles. The molecule has 1 aliphatic rings. The van der Waals surface area contributed by atoms with Crippen molar-refractivity contribution in [3.05, 3.63) is 0 Å². The van der Waals surface area contributed by atoms with Gasteiger partial charge in [-0.15, -0.1) is 0 Å². The van der Waals surface area contributed by atoms with Crippen LogP contribution in [0.5, 0.6) is 0 Å². The minimum absolute atomic E-state index is 0.0139. The zero-order chi connectivity index (χ0) is 9.84. The highest BCUT2D eigenvalue weighted by Crippen LogP contribution is 2.02. The van der Waals surface area contributed by atoms with E-state index in [-0.39, 0.29) is 23.8 Å². The Morgan fingerprint density at radius 3 is 2.85 bits per heavy atom. The molecule has 0 unspecified atom stereocenters. The van der Waals surface area contributed by atoms with Gasteiger partial charge in [0, 0.05) is 19.0 Å². The lowest BCUT2D eigenvalue weighted by Crippen LogP contribution is -2.57. The summed E-state index contributed by atoms with van der Waals surface area (Å²) in [6.07, 6.45) is 1.08. The van der Waals surface area contributed by atoms with Crippen LogP contribution in [-0.2, 0) is 9.59 Å². The third-order valence-corrected chi connectivity index (χ3v) is 2.16. The van der Waals surface area contributed by atoms with Gasteiger partial charge in [0.05, 0.1) is 6.04 Å². The molecule has 4 nitrogen and oxygen atoms in total. The number of rotatable bonds is 3. The summed E-state index contributed by atoms with van der Waals surface area (Å²) in [5.74, 6) is 0.147. The molecule has 0 spiro atoms. The number of piperazine rings is 1. The Balaban J connectivity index is 2.34. The van der Waals surface area contributed by atoms with Gasteiger partial charge in [0.25, 0.3) is 0 Å². The average molecular weight is 184 g/mol. The smallest absolute Gasteiger partial charge is 0.237 e. The second-order valence-electron chi connectivity index (χ2n) is 3.61. The van der Waals surface area contributed by atoms with Crippen molar-refractivity contribution >= 4 is 11.7 Å². The maximum atomic E-state index is 11.3. The van der Waals surface area contributed by atoms with E-state index in [4.69, 9.17) is 0 Å². The minimum Gasteiger partial charge on any atom is -0.351 e. The number of hydrogen-bond acceptors (Lipinski definition) is 3. The van der Waals surface area contributed by atoms with Gasteiger partial charge >= 0.3 is 0 Å². The first-order valence-corrected chi connectivity index (χ1v) is 4.63. The molecule has 13 heavy (non-hydrogen) atoms. The van der Waals surface area contributed by atoms with Crippen molar-refractivity contribution in [3.8, 4) is 0 Å². The third kappa shape index (κ3) is 3.14. The molecular formula is C9H16N2O2. The number of amides is 1. The Hall–Kier alpha value is -0.900. The highest BCUT2D eigenvalue weighted by Gasteiger charge is 2.24. The molecule has 4 heteroatoms. The second-order valence-corrected chi connectivity index (χ2v) is 3.61. The van der Waals surface area contributed by atoms with Gasteiger partial charge in [0.15, 0.2) is 0 Å². The molecule has 74 valence electrons. The van der Waals surface area contributed by atoms with Crippen LogP contribution in [0.1, 0.15) is 26.7 Å². The van der Waals surface area contributed by atoms with Crippen LogP contribution in [0.15, 0.2) is 0 Å². The predicted molar refractivity (Wildman–Crippen MR) is 49.3 cm³/mol. The van der Waals surface area contributed by atoms with Crippen LogP contribution < -0.4 is 10.6 Å². The predicted octanol–water partition coefficient (Wildman–Crippen LogP) is -0.168. The van der Waals surface area contributed by atoms with E-state index >= 15 is 0 Å². The lowest BCUT2D eigenvalue weighted by Gasteiger charge is -2.27. The molecule has 1 saturated heterocycles. The summed E-state index contributed by atoms with van der Waals surface area (Å²) in [7, 11) is 0. The van der Waals surface area contributed by atoms with E-state index in [9.17, 15) is 9.59 Å². The fraction of sp³-hybridized carbons (Fsp3) is 0.778. The summed E-state index contributed by atoms with van der Waals surface area (Å²) in [4.78, 5) is 22.0. The second kappa shape index (κ2) is 4.37. The van der Waals surface area contributed by atoms with Gasteiger partial charge in [-0.1, -0.05) is 0 Å². The number of hydrogen-bond donors (Lipinski definition) is 2. The van der Waals surface area contributed by atoms with Crippen LogP contribution >= 0.6 is 0 Å².